The summed E-state index contributed by atoms with van der Waals surface area (Å²) in [6.07, 6.45) is 1.29. The first-order chi connectivity index (χ1) is 14.5. The maximum absolute atomic E-state index is 12.9. The molecule has 1 aromatic carbocycles. The second-order valence-corrected chi connectivity index (χ2v) is 8.69. The lowest BCUT2D eigenvalue weighted by atomic mass is 9.95. The van der Waals surface area contributed by atoms with Crippen LogP contribution in [0.15, 0.2) is 24.3 Å². The fourth-order valence-corrected chi connectivity index (χ4v) is 5.12. The summed E-state index contributed by atoms with van der Waals surface area (Å²) in [6, 6.07) is 7.31. The maximum atomic E-state index is 12.9. The molecule has 2 aliphatic heterocycles. The average Bonchev–Trinajstić information content (AvgIpc) is 3.45. The maximum Gasteiger partial charge on any atom is 0.264 e. The number of carbonyl (C=O) groups is 2. The van der Waals surface area contributed by atoms with E-state index in [9.17, 15) is 9.59 Å². The van der Waals surface area contributed by atoms with Gasteiger partial charge >= 0.3 is 0 Å². The number of amides is 2. The first kappa shape index (κ1) is 18.9. The Hall–Kier alpha value is -3.07. The van der Waals surface area contributed by atoms with Gasteiger partial charge < -0.3 is 19.7 Å². The third-order valence-electron chi connectivity index (χ3n) is 5.70. The number of anilines is 1. The number of thiophene rings is 1. The highest BCUT2D eigenvalue weighted by Crippen LogP contribution is 2.35. The molecular formula is C21H22N4O4S. The second-order valence-electron chi connectivity index (χ2n) is 7.66. The number of aryl methyl sites for hydroxylation is 2. The van der Waals surface area contributed by atoms with E-state index in [4.69, 9.17) is 9.47 Å². The number of nitrogens with one attached hydrogen (secondary N) is 1. The average molecular weight is 426 g/mol. The van der Waals surface area contributed by atoms with Crippen LogP contribution >= 0.6 is 11.3 Å². The first-order valence-electron chi connectivity index (χ1n) is 9.92. The van der Waals surface area contributed by atoms with Crippen molar-refractivity contribution in [3.05, 3.63) is 34.8 Å². The van der Waals surface area contributed by atoms with Gasteiger partial charge in [-0.3, -0.25) is 14.3 Å². The molecule has 4 heterocycles. The van der Waals surface area contributed by atoms with Crippen molar-refractivity contribution < 1.29 is 19.1 Å². The number of nitrogens with zero attached hydrogens (tertiary/aromatic N) is 3. The van der Waals surface area contributed by atoms with Crippen molar-refractivity contribution in [2.24, 2.45) is 13.0 Å². The Morgan fingerprint density at radius 1 is 1.17 bits per heavy atom. The number of likely N-dealkylation sites (tertiary alicyclic amines) is 1. The zero-order valence-corrected chi connectivity index (χ0v) is 17.6. The highest BCUT2D eigenvalue weighted by Gasteiger charge is 2.29. The molecule has 3 aromatic rings. The normalized spacial score (nSPS) is 16.3. The number of ether oxygens (including phenoxy) is 2. The number of rotatable bonds is 3. The van der Waals surface area contributed by atoms with E-state index >= 15 is 0 Å². The van der Waals surface area contributed by atoms with Crippen LogP contribution in [0.5, 0.6) is 11.5 Å². The molecule has 156 valence electrons. The molecule has 0 radical (unpaired) electrons. The number of hydrogen-bond donors (Lipinski definition) is 1. The molecule has 0 aliphatic carbocycles. The van der Waals surface area contributed by atoms with Crippen molar-refractivity contribution in [3.8, 4) is 11.5 Å². The summed E-state index contributed by atoms with van der Waals surface area (Å²) in [5.74, 6) is 1.22. The highest BCUT2D eigenvalue weighted by molar-refractivity contribution is 7.20. The molecule has 0 saturated carbocycles. The Kier molecular flexibility index (Phi) is 4.62. The van der Waals surface area contributed by atoms with E-state index in [0.29, 0.717) is 43.1 Å². The van der Waals surface area contributed by atoms with Gasteiger partial charge in [0, 0.05) is 43.2 Å². The molecule has 1 N–H and O–H groups in total. The molecule has 30 heavy (non-hydrogen) atoms. The van der Waals surface area contributed by atoms with Crippen LogP contribution in [0.4, 0.5) is 5.69 Å². The fraction of sp³-hybridized carbons (Fsp3) is 0.381. The molecule has 1 fully saturated rings. The molecule has 5 rings (SSSR count). The van der Waals surface area contributed by atoms with Gasteiger partial charge in [-0.05, 0) is 38.0 Å². The number of hydrogen-bond acceptors (Lipinski definition) is 6. The van der Waals surface area contributed by atoms with Crippen LogP contribution < -0.4 is 14.8 Å². The predicted octanol–water partition coefficient (Wildman–Crippen LogP) is 3.16. The quantitative estimate of drug-likeness (QED) is 0.695. The molecule has 1 saturated heterocycles. The van der Waals surface area contributed by atoms with Crippen LogP contribution in [-0.4, -0.2) is 46.4 Å². The molecule has 2 aromatic heterocycles. The highest BCUT2D eigenvalue weighted by atomic mass is 32.1. The van der Waals surface area contributed by atoms with E-state index in [0.717, 1.165) is 20.8 Å². The number of aromatic nitrogens is 2. The van der Waals surface area contributed by atoms with Crippen molar-refractivity contribution in [2.75, 3.05) is 25.2 Å². The van der Waals surface area contributed by atoms with Crippen molar-refractivity contribution in [2.45, 2.75) is 19.8 Å². The van der Waals surface area contributed by atoms with E-state index < -0.39 is 0 Å². The van der Waals surface area contributed by atoms with Crippen molar-refractivity contribution in [1.29, 1.82) is 0 Å². The van der Waals surface area contributed by atoms with Gasteiger partial charge in [0.2, 0.25) is 12.7 Å². The van der Waals surface area contributed by atoms with E-state index in [1.165, 1.54) is 11.3 Å². The van der Waals surface area contributed by atoms with Gasteiger partial charge in [0.05, 0.1) is 10.6 Å². The smallest absolute Gasteiger partial charge is 0.264 e. The van der Waals surface area contributed by atoms with Crippen molar-refractivity contribution in [1.82, 2.24) is 14.7 Å². The van der Waals surface area contributed by atoms with Gasteiger partial charge in [-0.15, -0.1) is 11.3 Å². The molecule has 0 unspecified atom stereocenters. The standard InChI is InChI=1S/C21H22N4O4S/c1-12-15-10-18(30-21(15)24(2)23-12)20(27)25-7-5-13(6-8-25)19(26)22-14-3-4-16-17(9-14)29-11-28-16/h3-4,9-10,13H,5-8,11H2,1-2H3,(H,22,26). The lowest BCUT2D eigenvalue weighted by Crippen LogP contribution is -2.41. The summed E-state index contributed by atoms with van der Waals surface area (Å²) >= 11 is 1.47. The van der Waals surface area contributed by atoms with Crippen LogP contribution in [0.2, 0.25) is 0 Å². The molecule has 0 spiro atoms. The van der Waals surface area contributed by atoms with Gasteiger partial charge in [0.25, 0.3) is 5.91 Å². The summed E-state index contributed by atoms with van der Waals surface area (Å²) in [4.78, 5) is 29.2. The molecule has 8 nitrogen and oxygen atoms in total. The largest absolute Gasteiger partial charge is 0.454 e. The zero-order chi connectivity index (χ0) is 20.8. The second kappa shape index (κ2) is 7.32. The fourth-order valence-electron chi connectivity index (χ4n) is 4.03. The molecular weight excluding hydrogens is 404 g/mol. The Balaban J connectivity index is 1.20. The third-order valence-corrected chi connectivity index (χ3v) is 6.89. The van der Waals surface area contributed by atoms with Crippen molar-refractivity contribution >= 4 is 39.1 Å². The first-order valence-corrected chi connectivity index (χ1v) is 10.7. The lowest BCUT2D eigenvalue weighted by Gasteiger charge is -2.31. The summed E-state index contributed by atoms with van der Waals surface area (Å²) in [6.45, 7) is 3.30. The minimum absolute atomic E-state index is 0.0236. The van der Waals surface area contributed by atoms with Crippen molar-refractivity contribution in [3.63, 3.8) is 0 Å². The molecule has 9 heteroatoms. The van der Waals surface area contributed by atoms with Gasteiger partial charge in [0.1, 0.15) is 4.83 Å². The lowest BCUT2D eigenvalue weighted by molar-refractivity contribution is -0.121. The summed E-state index contributed by atoms with van der Waals surface area (Å²) in [5, 5.41) is 8.38. The topological polar surface area (TPSA) is 85.7 Å². The van der Waals surface area contributed by atoms with Gasteiger partial charge in [-0.25, -0.2) is 0 Å². The Morgan fingerprint density at radius 2 is 1.93 bits per heavy atom. The minimum Gasteiger partial charge on any atom is -0.454 e. The van der Waals surface area contributed by atoms with Crippen LogP contribution in [0, 0.1) is 12.8 Å². The summed E-state index contributed by atoms with van der Waals surface area (Å²) < 4.78 is 12.5. The molecule has 0 bridgehead atoms. The third kappa shape index (κ3) is 3.28. The number of benzene rings is 1. The van der Waals surface area contributed by atoms with Gasteiger partial charge in [0.15, 0.2) is 11.5 Å². The molecule has 2 amide bonds. The van der Waals surface area contributed by atoms with Gasteiger partial charge in [-0.2, -0.15) is 5.10 Å². The Bertz CT molecular complexity index is 1110. The van der Waals surface area contributed by atoms with Crippen LogP contribution in [0.3, 0.4) is 0 Å². The Morgan fingerprint density at radius 3 is 2.70 bits per heavy atom. The SMILES string of the molecule is Cc1nn(C)c2sc(C(=O)N3CCC(C(=O)Nc4ccc5c(c4)OCO5)CC3)cc12. The number of piperidine rings is 1. The number of carbonyl (C=O) groups excluding carboxylic acids is 2. The van der Waals surface area contributed by atoms with E-state index in [2.05, 4.69) is 10.4 Å². The van der Waals surface area contributed by atoms with E-state index in [1.807, 2.05) is 35.7 Å². The monoisotopic (exact) mass is 426 g/mol. The molecule has 2 aliphatic rings. The molecule has 0 atom stereocenters. The zero-order valence-electron chi connectivity index (χ0n) is 16.8. The Labute approximate surface area is 177 Å². The van der Waals surface area contributed by atoms with E-state index in [1.54, 1.807) is 12.1 Å². The number of fused-ring (bicyclic) bond motifs is 2. The van der Waals surface area contributed by atoms with Crippen LogP contribution in [-0.2, 0) is 11.8 Å². The predicted molar refractivity (Wildman–Crippen MR) is 113 cm³/mol. The van der Waals surface area contributed by atoms with Crippen LogP contribution in [0.25, 0.3) is 10.2 Å². The van der Waals surface area contributed by atoms with Crippen LogP contribution in [0.1, 0.15) is 28.2 Å². The minimum atomic E-state index is -0.117. The van der Waals surface area contributed by atoms with E-state index in [-0.39, 0.29) is 24.5 Å². The summed E-state index contributed by atoms with van der Waals surface area (Å²) in [7, 11) is 1.89. The van der Waals surface area contributed by atoms with Gasteiger partial charge in [-0.1, -0.05) is 0 Å². The summed E-state index contributed by atoms with van der Waals surface area (Å²) in [5.41, 5.74) is 1.62.